The second kappa shape index (κ2) is 4.59. The van der Waals surface area contributed by atoms with Crippen molar-refractivity contribution >= 4 is 0 Å². The monoisotopic (exact) mass is 269 g/mol. The Labute approximate surface area is 122 Å². The lowest BCUT2D eigenvalue weighted by Crippen LogP contribution is -2.54. The fourth-order valence-corrected chi connectivity index (χ4v) is 6.35. The molecule has 0 amide bonds. The number of benzene rings is 1. The molecule has 4 fully saturated rings. The molecule has 4 saturated carbocycles. The van der Waals surface area contributed by atoms with E-state index in [2.05, 4.69) is 30.3 Å². The predicted octanol–water partition coefficient (Wildman–Crippen LogP) is 4.26. The fourth-order valence-electron chi connectivity index (χ4n) is 6.35. The lowest BCUT2D eigenvalue weighted by atomic mass is 9.42. The number of hydrogen-bond acceptors (Lipinski definition) is 1. The lowest BCUT2D eigenvalue weighted by Gasteiger charge is -2.63. The summed E-state index contributed by atoms with van der Waals surface area (Å²) in [4.78, 5) is 0. The van der Waals surface area contributed by atoms with Gasteiger partial charge >= 0.3 is 0 Å². The minimum absolute atomic E-state index is 0.514. The third kappa shape index (κ3) is 1.94. The molecule has 5 rings (SSSR count). The van der Waals surface area contributed by atoms with Gasteiger partial charge in [0.15, 0.2) is 0 Å². The number of nitrogens with two attached hydrogens (primary N) is 1. The highest BCUT2D eigenvalue weighted by Gasteiger charge is 2.57. The zero-order chi connectivity index (χ0) is 13.6. The Morgan fingerprint density at radius 2 is 1.70 bits per heavy atom. The molecule has 1 aromatic carbocycles. The Bertz CT molecular complexity index is 464. The largest absolute Gasteiger partial charge is 0.330 e. The summed E-state index contributed by atoms with van der Waals surface area (Å²) in [6.07, 6.45) is 11.5. The second-order valence-electron chi connectivity index (χ2n) is 8.00. The van der Waals surface area contributed by atoms with Crippen molar-refractivity contribution < 1.29 is 0 Å². The maximum atomic E-state index is 5.80. The summed E-state index contributed by atoms with van der Waals surface area (Å²) < 4.78 is 0. The number of rotatable bonds is 4. The van der Waals surface area contributed by atoms with E-state index in [1.807, 2.05) is 0 Å². The van der Waals surface area contributed by atoms with Crippen molar-refractivity contribution in [3.63, 3.8) is 0 Å². The molecule has 2 N–H and O–H groups in total. The van der Waals surface area contributed by atoms with Crippen LogP contribution in [-0.2, 0) is 5.41 Å². The van der Waals surface area contributed by atoms with Gasteiger partial charge in [0.25, 0.3) is 0 Å². The van der Waals surface area contributed by atoms with Crippen LogP contribution in [0, 0.1) is 17.3 Å². The highest BCUT2D eigenvalue weighted by Crippen LogP contribution is 2.66. The Morgan fingerprint density at radius 3 is 2.35 bits per heavy atom. The van der Waals surface area contributed by atoms with Gasteiger partial charge in [0.05, 0.1) is 0 Å². The average molecular weight is 269 g/mol. The average Bonchev–Trinajstić information content (AvgIpc) is 2.45. The van der Waals surface area contributed by atoms with Gasteiger partial charge in [-0.05, 0) is 86.1 Å². The van der Waals surface area contributed by atoms with E-state index in [4.69, 9.17) is 5.73 Å². The van der Waals surface area contributed by atoms with Gasteiger partial charge in [-0.2, -0.15) is 0 Å². The summed E-state index contributed by atoms with van der Waals surface area (Å²) in [5.74, 6) is 1.99. The molecule has 0 aromatic heterocycles. The van der Waals surface area contributed by atoms with E-state index < -0.39 is 0 Å². The molecule has 108 valence electrons. The summed E-state index contributed by atoms with van der Waals surface area (Å²) in [6.45, 7) is 0.870. The van der Waals surface area contributed by atoms with Crippen LogP contribution >= 0.6 is 0 Å². The third-order valence-electron chi connectivity index (χ3n) is 6.48. The Balaban J connectivity index is 1.69. The van der Waals surface area contributed by atoms with E-state index in [9.17, 15) is 0 Å². The van der Waals surface area contributed by atoms with E-state index in [0.29, 0.717) is 10.8 Å². The van der Waals surface area contributed by atoms with Gasteiger partial charge in [0, 0.05) is 0 Å². The van der Waals surface area contributed by atoms with Crippen molar-refractivity contribution in [2.45, 2.75) is 56.8 Å². The Morgan fingerprint density at radius 1 is 1.00 bits per heavy atom. The molecule has 4 aliphatic carbocycles. The summed E-state index contributed by atoms with van der Waals surface area (Å²) >= 11 is 0. The fraction of sp³-hybridized carbons (Fsp3) is 0.684. The van der Waals surface area contributed by atoms with Crippen molar-refractivity contribution in [3.8, 4) is 0 Å². The van der Waals surface area contributed by atoms with Crippen molar-refractivity contribution in [2.24, 2.45) is 23.0 Å². The van der Waals surface area contributed by atoms with Gasteiger partial charge in [-0.15, -0.1) is 0 Å². The molecule has 1 aromatic rings. The maximum absolute atomic E-state index is 5.80. The molecule has 1 nitrogen and oxygen atoms in total. The molecule has 0 aliphatic heterocycles. The van der Waals surface area contributed by atoms with Crippen LogP contribution in [0.3, 0.4) is 0 Å². The van der Waals surface area contributed by atoms with E-state index >= 15 is 0 Å². The summed E-state index contributed by atoms with van der Waals surface area (Å²) in [6, 6.07) is 11.4. The van der Waals surface area contributed by atoms with Gasteiger partial charge in [-0.25, -0.2) is 0 Å². The molecule has 4 aliphatic rings. The van der Waals surface area contributed by atoms with Crippen molar-refractivity contribution in [1.29, 1.82) is 0 Å². The molecular formula is C19H27N. The minimum Gasteiger partial charge on any atom is -0.330 e. The first-order valence-electron chi connectivity index (χ1n) is 8.49. The molecule has 2 atom stereocenters. The smallest absolute Gasteiger partial charge is 0.00364 e. The van der Waals surface area contributed by atoms with Crippen LogP contribution in [0.5, 0.6) is 0 Å². The van der Waals surface area contributed by atoms with E-state index in [1.165, 1.54) is 51.4 Å². The molecular weight excluding hydrogens is 242 g/mol. The lowest BCUT2D eigenvalue weighted by molar-refractivity contribution is -0.0767. The highest BCUT2D eigenvalue weighted by atomic mass is 14.6. The van der Waals surface area contributed by atoms with E-state index in [0.717, 1.165) is 18.4 Å². The normalized spacial score (nSPS) is 42.0. The van der Waals surface area contributed by atoms with E-state index in [-0.39, 0.29) is 0 Å². The van der Waals surface area contributed by atoms with Crippen LogP contribution < -0.4 is 5.73 Å². The van der Waals surface area contributed by atoms with Crippen LogP contribution in [0.4, 0.5) is 0 Å². The van der Waals surface area contributed by atoms with Crippen molar-refractivity contribution in [3.05, 3.63) is 35.9 Å². The van der Waals surface area contributed by atoms with Gasteiger partial charge in [-0.1, -0.05) is 30.3 Å². The zero-order valence-electron chi connectivity index (χ0n) is 12.5. The predicted molar refractivity (Wildman–Crippen MR) is 83.5 cm³/mol. The highest BCUT2D eigenvalue weighted by molar-refractivity contribution is 5.30. The first-order chi connectivity index (χ1) is 9.74. The quantitative estimate of drug-likeness (QED) is 0.868. The molecule has 20 heavy (non-hydrogen) atoms. The van der Waals surface area contributed by atoms with Gasteiger partial charge in [0.1, 0.15) is 0 Å². The van der Waals surface area contributed by atoms with Crippen molar-refractivity contribution in [2.75, 3.05) is 6.54 Å². The molecule has 2 unspecified atom stereocenters. The van der Waals surface area contributed by atoms with E-state index in [1.54, 1.807) is 5.56 Å². The van der Waals surface area contributed by atoms with Crippen LogP contribution in [0.1, 0.15) is 56.9 Å². The molecule has 0 saturated heterocycles. The standard InChI is InChI=1S/C19H27N/c20-8-4-7-18-10-15-9-16(11-18)13-19(12-15,14-18)17-5-2-1-3-6-17/h1-3,5-6,15-16H,4,7-14,20H2. The van der Waals surface area contributed by atoms with Gasteiger partial charge in [0.2, 0.25) is 0 Å². The SMILES string of the molecule is NCCCC12CC3CC(C1)CC(c1ccccc1)(C3)C2. The summed E-state index contributed by atoms with van der Waals surface area (Å²) in [5, 5.41) is 0. The van der Waals surface area contributed by atoms with Crippen LogP contribution in [0.25, 0.3) is 0 Å². The van der Waals surface area contributed by atoms with Crippen LogP contribution in [0.2, 0.25) is 0 Å². The maximum Gasteiger partial charge on any atom is -0.00364 e. The van der Waals surface area contributed by atoms with Crippen LogP contribution in [-0.4, -0.2) is 6.54 Å². The second-order valence-corrected chi connectivity index (χ2v) is 8.00. The third-order valence-corrected chi connectivity index (χ3v) is 6.48. The zero-order valence-corrected chi connectivity index (χ0v) is 12.5. The first-order valence-corrected chi connectivity index (χ1v) is 8.49. The molecule has 4 bridgehead atoms. The molecule has 0 radical (unpaired) electrons. The van der Waals surface area contributed by atoms with Crippen molar-refractivity contribution in [1.82, 2.24) is 0 Å². The van der Waals surface area contributed by atoms with Crippen LogP contribution in [0.15, 0.2) is 30.3 Å². The molecule has 0 spiro atoms. The Hall–Kier alpha value is -0.820. The van der Waals surface area contributed by atoms with Gasteiger partial charge in [-0.3, -0.25) is 0 Å². The minimum atomic E-state index is 0.514. The molecule has 1 heteroatoms. The first kappa shape index (κ1) is 12.9. The number of hydrogen-bond donors (Lipinski definition) is 1. The summed E-state index contributed by atoms with van der Waals surface area (Å²) in [5.41, 5.74) is 8.58. The topological polar surface area (TPSA) is 26.0 Å². The molecule has 0 heterocycles. The Kier molecular flexibility index (Phi) is 2.96. The van der Waals surface area contributed by atoms with Gasteiger partial charge < -0.3 is 5.73 Å². The summed E-state index contributed by atoms with van der Waals surface area (Å²) in [7, 11) is 0.